The van der Waals surface area contributed by atoms with Crippen molar-refractivity contribution < 1.29 is 22.4 Å². The average Bonchev–Trinajstić information content (AvgIpc) is 3.35. The molecule has 1 fully saturated rings. The molecule has 0 bridgehead atoms. The first-order valence-electron chi connectivity index (χ1n) is 8.99. The van der Waals surface area contributed by atoms with E-state index in [4.69, 9.17) is 4.52 Å². The molecule has 0 aliphatic heterocycles. The highest BCUT2D eigenvalue weighted by molar-refractivity contribution is 5.70. The molecule has 2 aromatic rings. The van der Waals surface area contributed by atoms with Gasteiger partial charge in [0.05, 0.1) is 0 Å². The Morgan fingerprint density at radius 3 is 2.54 bits per heavy atom. The van der Waals surface area contributed by atoms with Crippen molar-refractivity contribution in [1.29, 1.82) is 0 Å². The SMILES string of the molecule is CCC(CC)NCc1c(-c2ccccc2OC(F)(F)F)noc1C1CC1. The van der Waals surface area contributed by atoms with E-state index in [0.717, 1.165) is 37.0 Å². The van der Waals surface area contributed by atoms with Gasteiger partial charge in [0.1, 0.15) is 17.2 Å². The maximum Gasteiger partial charge on any atom is 0.573 e. The van der Waals surface area contributed by atoms with Gasteiger partial charge in [0.15, 0.2) is 0 Å². The summed E-state index contributed by atoms with van der Waals surface area (Å²) in [5, 5.41) is 7.56. The zero-order chi connectivity index (χ0) is 18.7. The largest absolute Gasteiger partial charge is 0.573 e. The number of para-hydroxylation sites is 1. The van der Waals surface area contributed by atoms with Gasteiger partial charge in [0.2, 0.25) is 0 Å². The molecule has 0 saturated heterocycles. The highest BCUT2D eigenvalue weighted by atomic mass is 19.4. The van der Waals surface area contributed by atoms with Crippen LogP contribution in [0.4, 0.5) is 13.2 Å². The van der Waals surface area contributed by atoms with Crippen molar-refractivity contribution in [2.24, 2.45) is 0 Å². The molecule has 142 valence electrons. The molecule has 3 rings (SSSR count). The van der Waals surface area contributed by atoms with Gasteiger partial charge in [-0.2, -0.15) is 0 Å². The van der Waals surface area contributed by atoms with Gasteiger partial charge in [-0.25, -0.2) is 0 Å². The standard InChI is InChI=1S/C19H23F3N2O2/c1-3-13(4-2)23-11-15-17(24-26-18(15)12-9-10-12)14-7-5-6-8-16(14)25-19(20,21)22/h5-8,12-13,23H,3-4,9-11H2,1-2H3. The number of alkyl halides is 3. The molecule has 1 N–H and O–H groups in total. The number of nitrogens with zero attached hydrogens (tertiary/aromatic N) is 1. The fraction of sp³-hybridized carbons (Fsp3) is 0.526. The zero-order valence-corrected chi connectivity index (χ0v) is 14.9. The molecule has 1 aromatic heterocycles. The number of hydrogen-bond acceptors (Lipinski definition) is 4. The molecule has 0 radical (unpaired) electrons. The normalized spacial score (nSPS) is 14.8. The van der Waals surface area contributed by atoms with E-state index in [2.05, 4.69) is 29.1 Å². The molecule has 1 heterocycles. The first-order chi connectivity index (χ1) is 12.4. The van der Waals surface area contributed by atoms with E-state index in [0.29, 0.717) is 29.8 Å². The molecule has 7 heteroatoms. The Kier molecular flexibility index (Phi) is 5.55. The predicted molar refractivity (Wildman–Crippen MR) is 91.8 cm³/mol. The van der Waals surface area contributed by atoms with Crippen LogP contribution in [-0.4, -0.2) is 17.6 Å². The first kappa shape index (κ1) is 18.8. The van der Waals surface area contributed by atoms with Crippen LogP contribution < -0.4 is 10.1 Å². The first-order valence-corrected chi connectivity index (χ1v) is 8.99. The maximum absolute atomic E-state index is 12.7. The molecule has 1 aromatic carbocycles. The summed E-state index contributed by atoms with van der Waals surface area (Å²) in [6, 6.07) is 6.39. The molecule has 4 nitrogen and oxygen atoms in total. The van der Waals surface area contributed by atoms with Crippen LogP contribution in [0, 0.1) is 0 Å². The van der Waals surface area contributed by atoms with Crippen molar-refractivity contribution >= 4 is 0 Å². The van der Waals surface area contributed by atoms with Gasteiger partial charge in [-0.1, -0.05) is 31.1 Å². The number of halogens is 3. The molecule has 0 amide bonds. The zero-order valence-electron chi connectivity index (χ0n) is 14.9. The van der Waals surface area contributed by atoms with Crippen LogP contribution in [0.25, 0.3) is 11.3 Å². The lowest BCUT2D eigenvalue weighted by Gasteiger charge is -2.16. The van der Waals surface area contributed by atoms with Crippen molar-refractivity contribution in [2.45, 2.75) is 64.4 Å². The van der Waals surface area contributed by atoms with Crippen molar-refractivity contribution in [3.05, 3.63) is 35.6 Å². The molecule has 1 aliphatic carbocycles. The third-order valence-corrected chi connectivity index (χ3v) is 4.69. The number of nitrogens with one attached hydrogen (secondary N) is 1. The molecule has 0 unspecified atom stereocenters. The Bertz CT molecular complexity index is 735. The Hall–Kier alpha value is -2.02. The van der Waals surface area contributed by atoms with Gasteiger partial charge in [-0.05, 0) is 37.8 Å². The van der Waals surface area contributed by atoms with Gasteiger partial charge in [0, 0.05) is 29.6 Å². The number of hydrogen-bond donors (Lipinski definition) is 1. The Balaban J connectivity index is 1.95. The molecule has 0 atom stereocenters. The van der Waals surface area contributed by atoms with E-state index in [1.165, 1.54) is 12.1 Å². The summed E-state index contributed by atoms with van der Waals surface area (Å²) in [6.45, 7) is 4.71. The lowest BCUT2D eigenvalue weighted by Crippen LogP contribution is -2.27. The molecular formula is C19H23F3N2O2. The summed E-state index contributed by atoms with van der Waals surface area (Å²) in [5.41, 5.74) is 1.55. The topological polar surface area (TPSA) is 47.3 Å². The minimum Gasteiger partial charge on any atom is -0.405 e. The van der Waals surface area contributed by atoms with E-state index in [1.807, 2.05) is 0 Å². The third-order valence-electron chi connectivity index (χ3n) is 4.69. The van der Waals surface area contributed by atoms with E-state index in [9.17, 15) is 13.2 Å². The van der Waals surface area contributed by atoms with Crippen LogP contribution in [0.15, 0.2) is 28.8 Å². The second kappa shape index (κ2) is 7.70. The predicted octanol–water partition coefficient (Wildman–Crippen LogP) is 5.40. The fourth-order valence-electron chi connectivity index (χ4n) is 3.07. The molecule has 1 saturated carbocycles. The van der Waals surface area contributed by atoms with E-state index >= 15 is 0 Å². The molecule has 1 aliphatic rings. The summed E-state index contributed by atoms with van der Waals surface area (Å²) >= 11 is 0. The van der Waals surface area contributed by atoms with Crippen LogP contribution in [-0.2, 0) is 6.54 Å². The third kappa shape index (κ3) is 4.38. The van der Waals surface area contributed by atoms with Crippen LogP contribution in [0.2, 0.25) is 0 Å². The summed E-state index contributed by atoms with van der Waals surface area (Å²) < 4.78 is 48.0. The lowest BCUT2D eigenvalue weighted by atomic mass is 10.0. The van der Waals surface area contributed by atoms with Crippen LogP contribution in [0.3, 0.4) is 0 Å². The highest BCUT2D eigenvalue weighted by Crippen LogP contribution is 2.45. The van der Waals surface area contributed by atoms with Crippen LogP contribution in [0.5, 0.6) is 5.75 Å². The Morgan fingerprint density at radius 1 is 1.23 bits per heavy atom. The second-order valence-electron chi connectivity index (χ2n) is 6.59. The van der Waals surface area contributed by atoms with Gasteiger partial charge in [-0.3, -0.25) is 0 Å². The highest BCUT2D eigenvalue weighted by Gasteiger charge is 2.35. The number of ether oxygens (including phenoxy) is 1. The van der Waals surface area contributed by atoms with Gasteiger partial charge in [-0.15, -0.1) is 13.2 Å². The minimum atomic E-state index is -4.76. The van der Waals surface area contributed by atoms with Crippen LogP contribution >= 0.6 is 0 Å². The molecule has 26 heavy (non-hydrogen) atoms. The Morgan fingerprint density at radius 2 is 1.92 bits per heavy atom. The summed E-state index contributed by atoms with van der Waals surface area (Å²) in [4.78, 5) is 0. The monoisotopic (exact) mass is 368 g/mol. The fourth-order valence-corrected chi connectivity index (χ4v) is 3.07. The average molecular weight is 368 g/mol. The Labute approximate surface area is 150 Å². The summed E-state index contributed by atoms with van der Waals surface area (Å²) in [5.74, 6) is 0.824. The summed E-state index contributed by atoms with van der Waals surface area (Å²) in [7, 11) is 0. The smallest absolute Gasteiger partial charge is 0.405 e. The van der Waals surface area contributed by atoms with Crippen LogP contribution in [0.1, 0.15) is 56.8 Å². The van der Waals surface area contributed by atoms with E-state index in [1.54, 1.807) is 12.1 Å². The van der Waals surface area contributed by atoms with Gasteiger partial charge < -0.3 is 14.6 Å². The summed E-state index contributed by atoms with van der Waals surface area (Å²) in [6.07, 6.45) is -0.763. The van der Waals surface area contributed by atoms with Crippen molar-refractivity contribution in [3.8, 4) is 17.0 Å². The van der Waals surface area contributed by atoms with E-state index in [-0.39, 0.29) is 5.75 Å². The quantitative estimate of drug-likeness (QED) is 0.678. The molecular weight excluding hydrogens is 345 g/mol. The maximum atomic E-state index is 12.7. The van der Waals surface area contributed by atoms with Crippen molar-refractivity contribution in [2.75, 3.05) is 0 Å². The minimum absolute atomic E-state index is 0.264. The molecule has 0 spiro atoms. The van der Waals surface area contributed by atoms with Crippen molar-refractivity contribution in [3.63, 3.8) is 0 Å². The second-order valence-corrected chi connectivity index (χ2v) is 6.59. The number of aromatic nitrogens is 1. The van der Waals surface area contributed by atoms with Gasteiger partial charge in [0.25, 0.3) is 0 Å². The number of rotatable bonds is 8. The lowest BCUT2D eigenvalue weighted by molar-refractivity contribution is -0.274. The van der Waals surface area contributed by atoms with Crippen molar-refractivity contribution in [1.82, 2.24) is 10.5 Å². The van der Waals surface area contributed by atoms with E-state index < -0.39 is 6.36 Å². The number of benzene rings is 1. The van der Waals surface area contributed by atoms with Gasteiger partial charge >= 0.3 is 6.36 Å².